The highest BCUT2D eigenvalue weighted by Gasteiger charge is 2.28. The molecule has 7 nitrogen and oxygen atoms in total. The number of esters is 1. The van der Waals surface area contributed by atoms with Gasteiger partial charge in [-0.3, -0.25) is 4.79 Å². The SMILES string of the molecule is CCNC(=NCc1cccnc1OC)N1CCCC(C(=O)OCC)C1.I. The Kier molecular flexibility index (Phi) is 10.3. The fraction of sp³-hybridized carbons (Fsp3) is 0.611. The molecule has 1 aromatic heterocycles. The van der Waals surface area contributed by atoms with Gasteiger partial charge in [-0.1, -0.05) is 6.07 Å². The zero-order chi connectivity index (χ0) is 18.1. The highest BCUT2D eigenvalue weighted by atomic mass is 127. The third-order valence-electron chi connectivity index (χ3n) is 4.12. The second-order valence-electron chi connectivity index (χ2n) is 5.88. The molecule has 26 heavy (non-hydrogen) atoms. The molecular formula is C18H29IN4O3. The summed E-state index contributed by atoms with van der Waals surface area (Å²) in [6, 6.07) is 3.83. The van der Waals surface area contributed by atoms with E-state index in [2.05, 4.69) is 15.2 Å². The quantitative estimate of drug-likeness (QED) is 0.294. The lowest BCUT2D eigenvalue weighted by molar-refractivity contribution is -0.149. The van der Waals surface area contributed by atoms with E-state index in [1.807, 2.05) is 26.0 Å². The third kappa shape index (κ3) is 6.30. The van der Waals surface area contributed by atoms with Crippen LogP contribution >= 0.6 is 24.0 Å². The number of aromatic nitrogens is 1. The number of carbonyl (C=O) groups excluding carboxylic acids is 1. The van der Waals surface area contributed by atoms with Gasteiger partial charge in [-0.25, -0.2) is 9.98 Å². The molecule has 2 rings (SSSR count). The number of aliphatic imine (C=N–C) groups is 1. The summed E-state index contributed by atoms with van der Waals surface area (Å²) in [6.07, 6.45) is 3.51. The monoisotopic (exact) mass is 476 g/mol. The maximum absolute atomic E-state index is 12.1. The average molecular weight is 476 g/mol. The lowest BCUT2D eigenvalue weighted by Crippen LogP contribution is -2.48. The summed E-state index contributed by atoms with van der Waals surface area (Å²) < 4.78 is 10.5. The zero-order valence-electron chi connectivity index (χ0n) is 15.7. The van der Waals surface area contributed by atoms with Crippen LogP contribution < -0.4 is 10.1 Å². The summed E-state index contributed by atoms with van der Waals surface area (Å²) >= 11 is 0. The smallest absolute Gasteiger partial charge is 0.310 e. The number of guanidine groups is 1. The van der Waals surface area contributed by atoms with E-state index in [1.165, 1.54) is 0 Å². The fourth-order valence-electron chi connectivity index (χ4n) is 2.94. The van der Waals surface area contributed by atoms with E-state index in [9.17, 15) is 4.79 Å². The molecule has 1 unspecified atom stereocenters. The second-order valence-corrected chi connectivity index (χ2v) is 5.88. The molecule has 0 radical (unpaired) electrons. The number of piperidine rings is 1. The van der Waals surface area contributed by atoms with Gasteiger partial charge in [-0.05, 0) is 32.8 Å². The summed E-state index contributed by atoms with van der Waals surface area (Å²) in [7, 11) is 1.61. The molecule has 146 valence electrons. The first-order valence-electron chi connectivity index (χ1n) is 8.87. The van der Waals surface area contributed by atoms with Gasteiger partial charge in [0.25, 0.3) is 0 Å². The Labute approximate surface area is 172 Å². The minimum atomic E-state index is -0.114. The topological polar surface area (TPSA) is 76.1 Å². The third-order valence-corrected chi connectivity index (χ3v) is 4.12. The van der Waals surface area contributed by atoms with Gasteiger partial charge < -0.3 is 19.7 Å². The van der Waals surface area contributed by atoms with Crippen LogP contribution in [0.3, 0.4) is 0 Å². The Bertz CT molecular complexity index is 598. The van der Waals surface area contributed by atoms with Gasteiger partial charge in [-0.2, -0.15) is 0 Å². The van der Waals surface area contributed by atoms with Crippen LogP contribution in [0.1, 0.15) is 32.3 Å². The molecule has 0 bridgehead atoms. The molecule has 1 aliphatic heterocycles. The lowest BCUT2D eigenvalue weighted by Gasteiger charge is -2.34. The standard InChI is InChI=1S/C18H28N4O3.HI/c1-4-19-18(21-12-14-8-6-10-20-16(14)24-3)22-11-7-9-15(13-22)17(23)25-5-2;/h6,8,10,15H,4-5,7,9,11-13H2,1-3H3,(H,19,21);1H. The Morgan fingerprint density at radius 2 is 2.27 bits per heavy atom. The number of nitrogens with one attached hydrogen (secondary N) is 1. The molecule has 1 atom stereocenters. The molecule has 0 aromatic carbocycles. The van der Waals surface area contributed by atoms with Gasteiger partial charge in [0.15, 0.2) is 5.96 Å². The van der Waals surface area contributed by atoms with Crippen LogP contribution in [-0.2, 0) is 16.1 Å². The van der Waals surface area contributed by atoms with Gasteiger partial charge in [0.05, 0.1) is 26.2 Å². The normalized spacial score (nSPS) is 17.3. The van der Waals surface area contributed by atoms with Crippen LogP contribution in [0.15, 0.2) is 23.3 Å². The molecule has 0 saturated carbocycles. The van der Waals surface area contributed by atoms with E-state index < -0.39 is 0 Å². The minimum Gasteiger partial charge on any atom is -0.481 e. The van der Waals surface area contributed by atoms with Gasteiger partial charge >= 0.3 is 5.97 Å². The van der Waals surface area contributed by atoms with Crippen molar-refractivity contribution in [3.63, 3.8) is 0 Å². The van der Waals surface area contributed by atoms with E-state index in [0.717, 1.165) is 37.5 Å². The van der Waals surface area contributed by atoms with Crippen molar-refractivity contribution in [2.45, 2.75) is 33.2 Å². The summed E-state index contributed by atoms with van der Waals surface area (Å²) in [5.41, 5.74) is 0.930. The van der Waals surface area contributed by atoms with Crippen molar-refractivity contribution >= 4 is 35.9 Å². The molecule has 0 spiro atoms. The first kappa shape index (κ1) is 22.5. The predicted octanol–water partition coefficient (Wildman–Crippen LogP) is 2.45. The molecule has 2 heterocycles. The van der Waals surface area contributed by atoms with Crippen molar-refractivity contribution < 1.29 is 14.3 Å². The highest BCUT2D eigenvalue weighted by molar-refractivity contribution is 14.0. The second kappa shape index (κ2) is 11.9. The molecule has 1 saturated heterocycles. The van der Waals surface area contributed by atoms with E-state index in [4.69, 9.17) is 14.5 Å². The van der Waals surface area contributed by atoms with E-state index in [0.29, 0.717) is 25.6 Å². The predicted molar refractivity (Wildman–Crippen MR) is 112 cm³/mol. The maximum Gasteiger partial charge on any atom is 0.310 e. The number of hydrogen-bond donors (Lipinski definition) is 1. The van der Waals surface area contributed by atoms with Crippen LogP contribution in [0.5, 0.6) is 5.88 Å². The number of pyridine rings is 1. The summed E-state index contributed by atoms with van der Waals surface area (Å²) in [4.78, 5) is 23.1. The molecule has 1 aromatic rings. The van der Waals surface area contributed by atoms with E-state index in [-0.39, 0.29) is 35.9 Å². The minimum absolute atomic E-state index is 0. The zero-order valence-corrected chi connectivity index (χ0v) is 18.1. The van der Waals surface area contributed by atoms with Crippen molar-refractivity contribution in [3.05, 3.63) is 23.9 Å². The number of methoxy groups -OCH3 is 1. The fourth-order valence-corrected chi connectivity index (χ4v) is 2.94. The number of nitrogens with zero attached hydrogens (tertiary/aromatic N) is 3. The Hall–Kier alpha value is -1.58. The van der Waals surface area contributed by atoms with Crippen molar-refractivity contribution in [3.8, 4) is 5.88 Å². The van der Waals surface area contributed by atoms with Crippen molar-refractivity contribution in [2.75, 3.05) is 33.4 Å². The maximum atomic E-state index is 12.1. The molecule has 8 heteroatoms. The number of carbonyl (C=O) groups is 1. The van der Waals surface area contributed by atoms with Crippen LogP contribution in [-0.4, -0.2) is 55.2 Å². The van der Waals surface area contributed by atoms with E-state index >= 15 is 0 Å². The van der Waals surface area contributed by atoms with Crippen LogP contribution in [0.4, 0.5) is 0 Å². The van der Waals surface area contributed by atoms with Crippen LogP contribution in [0.25, 0.3) is 0 Å². The first-order chi connectivity index (χ1) is 12.2. The molecule has 1 aliphatic rings. The van der Waals surface area contributed by atoms with Crippen molar-refractivity contribution in [1.82, 2.24) is 15.2 Å². The number of hydrogen-bond acceptors (Lipinski definition) is 5. The Morgan fingerprint density at radius 1 is 1.46 bits per heavy atom. The Balaban J connectivity index is 0.00000338. The van der Waals surface area contributed by atoms with Gasteiger partial charge in [0.2, 0.25) is 5.88 Å². The average Bonchev–Trinajstić information content (AvgIpc) is 2.65. The molecule has 1 fully saturated rings. The Morgan fingerprint density at radius 3 is 2.96 bits per heavy atom. The number of likely N-dealkylation sites (tertiary alicyclic amines) is 1. The van der Waals surface area contributed by atoms with E-state index in [1.54, 1.807) is 13.3 Å². The summed E-state index contributed by atoms with van der Waals surface area (Å²) in [6.45, 7) is 7.05. The molecule has 0 amide bonds. The highest BCUT2D eigenvalue weighted by Crippen LogP contribution is 2.19. The molecule has 1 N–H and O–H groups in total. The number of halogens is 1. The van der Waals surface area contributed by atoms with Gasteiger partial charge in [-0.15, -0.1) is 24.0 Å². The van der Waals surface area contributed by atoms with Gasteiger partial charge in [0.1, 0.15) is 0 Å². The number of ether oxygens (including phenoxy) is 2. The van der Waals surface area contributed by atoms with Crippen LogP contribution in [0, 0.1) is 5.92 Å². The largest absolute Gasteiger partial charge is 0.481 e. The first-order valence-corrected chi connectivity index (χ1v) is 8.87. The van der Waals surface area contributed by atoms with Gasteiger partial charge in [0, 0.05) is 31.4 Å². The number of rotatable bonds is 6. The van der Waals surface area contributed by atoms with Crippen molar-refractivity contribution in [1.29, 1.82) is 0 Å². The van der Waals surface area contributed by atoms with Crippen molar-refractivity contribution in [2.24, 2.45) is 10.9 Å². The lowest BCUT2D eigenvalue weighted by atomic mass is 9.98. The van der Waals surface area contributed by atoms with Crippen LogP contribution in [0.2, 0.25) is 0 Å². The molecule has 0 aliphatic carbocycles. The molecular weight excluding hydrogens is 447 g/mol. The summed E-state index contributed by atoms with van der Waals surface area (Å²) in [5, 5.41) is 3.31. The summed E-state index contributed by atoms with van der Waals surface area (Å²) in [5.74, 6) is 1.19.